The van der Waals surface area contributed by atoms with Crippen molar-refractivity contribution in [3.05, 3.63) is 60.0 Å². The first-order chi connectivity index (χ1) is 20.0. The number of fused-ring (bicyclic) bond motifs is 2. The van der Waals surface area contributed by atoms with Crippen LogP contribution in [0.3, 0.4) is 0 Å². The monoisotopic (exact) mass is 599 g/mol. The third-order valence-corrected chi connectivity index (χ3v) is 8.77. The van der Waals surface area contributed by atoms with Gasteiger partial charge < -0.3 is 28.8 Å². The summed E-state index contributed by atoms with van der Waals surface area (Å²) in [5, 5.41) is 9.80. The molecule has 0 bridgehead atoms. The fourth-order valence-corrected chi connectivity index (χ4v) is 6.20. The van der Waals surface area contributed by atoms with E-state index in [1.54, 1.807) is 34.7 Å². The fourth-order valence-electron chi connectivity index (χ4n) is 5.17. The molecule has 12 nitrogen and oxygen atoms in total. The number of nitrogens with one attached hydrogen (secondary N) is 1. The number of anilines is 1. The fraction of sp³-hybridized carbons (Fsp3) is 0.448. The molecule has 0 saturated heterocycles. The van der Waals surface area contributed by atoms with E-state index in [1.165, 1.54) is 12.5 Å². The van der Waals surface area contributed by atoms with Gasteiger partial charge in [-0.1, -0.05) is 13.0 Å². The Hall–Kier alpha value is -3.81. The van der Waals surface area contributed by atoms with Gasteiger partial charge in [0.15, 0.2) is 16.5 Å². The number of carbonyl (C=O) groups is 1. The summed E-state index contributed by atoms with van der Waals surface area (Å²) in [4.78, 5) is 21.3. The van der Waals surface area contributed by atoms with E-state index in [-0.39, 0.29) is 48.8 Å². The molecule has 0 spiro atoms. The van der Waals surface area contributed by atoms with Crippen molar-refractivity contribution in [2.45, 2.75) is 44.0 Å². The molecular weight excluding hydrogens is 562 g/mol. The van der Waals surface area contributed by atoms with E-state index in [0.29, 0.717) is 36.6 Å². The minimum Gasteiger partial charge on any atom is -0.488 e. The van der Waals surface area contributed by atoms with Gasteiger partial charge in [-0.05, 0) is 49.9 Å². The highest BCUT2D eigenvalue weighted by molar-refractivity contribution is 7.92. The van der Waals surface area contributed by atoms with Gasteiger partial charge >= 0.3 is 0 Å². The van der Waals surface area contributed by atoms with Crippen LogP contribution >= 0.6 is 0 Å². The number of benzene rings is 2. The molecule has 0 unspecified atom stereocenters. The van der Waals surface area contributed by atoms with Crippen LogP contribution in [-0.2, 0) is 34.8 Å². The van der Waals surface area contributed by atoms with Gasteiger partial charge in [-0.3, -0.25) is 14.4 Å². The van der Waals surface area contributed by atoms with E-state index in [1.807, 2.05) is 39.1 Å². The van der Waals surface area contributed by atoms with Gasteiger partial charge in [-0.2, -0.15) is 8.42 Å². The third-order valence-electron chi connectivity index (χ3n) is 7.51. The second-order valence-corrected chi connectivity index (χ2v) is 12.7. The average Bonchev–Trinajstić information content (AvgIpc) is 3.61. The van der Waals surface area contributed by atoms with Crippen molar-refractivity contribution in [1.29, 1.82) is 0 Å². The molecule has 2 aliphatic rings. The van der Waals surface area contributed by atoms with Crippen LogP contribution in [0, 0.1) is 5.92 Å². The van der Waals surface area contributed by atoms with E-state index in [2.05, 4.69) is 14.6 Å². The van der Waals surface area contributed by atoms with Crippen molar-refractivity contribution in [3.8, 4) is 17.2 Å². The smallest absolute Gasteiger partial charge is 0.280 e. The first-order valence-corrected chi connectivity index (χ1v) is 15.3. The third kappa shape index (κ3) is 6.63. The molecule has 2 aromatic carbocycles. The van der Waals surface area contributed by atoms with E-state index in [4.69, 9.17) is 14.2 Å². The number of hydrogen-bond donors (Lipinski definition) is 2. The maximum atomic E-state index is 13.5. The number of likely N-dealkylation sites (N-methyl/N-ethyl adjacent to an activating group) is 1. The molecular formula is C29H37N5O7S. The van der Waals surface area contributed by atoms with Gasteiger partial charge in [-0.25, -0.2) is 4.98 Å². The first-order valence-electron chi connectivity index (χ1n) is 13.8. The Labute approximate surface area is 245 Å². The summed E-state index contributed by atoms with van der Waals surface area (Å²) in [7, 11) is -0.238. The summed E-state index contributed by atoms with van der Waals surface area (Å²) in [5.41, 5.74) is 1.91. The normalized spacial score (nSPS) is 19.5. The van der Waals surface area contributed by atoms with Crippen LogP contribution in [0.1, 0.15) is 25.0 Å². The largest absolute Gasteiger partial charge is 0.488 e. The molecule has 0 saturated carbocycles. The van der Waals surface area contributed by atoms with Crippen LogP contribution in [0.15, 0.2) is 53.9 Å². The maximum absolute atomic E-state index is 13.5. The molecule has 0 radical (unpaired) electrons. The second kappa shape index (κ2) is 12.2. The Morgan fingerprint density at radius 2 is 1.93 bits per heavy atom. The predicted octanol–water partition coefficient (Wildman–Crippen LogP) is 2.23. The van der Waals surface area contributed by atoms with Crippen LogP contribution in [-0.4, -0.2) is 84.5 Å². The van der Waals surface area contributed by atoms with Gasteiger partial charge in [-0.15, -0.1) is 0 Å². The molecule has 1 aromatic heterocycles. The van der Waals surface area contributed by atoms with Crippen molar-refractivity contribution >= 4 is 21.6 Å². The average molecular weight is 600 g/mol. The number of aliphatic hydroxyl groups is 1. The number of carbonyl (C=O) groups excluding carboxylic acids is 1. The highest BCUT2D eigenvalue weighted by Gasteiger charge is 2.31. The van der Waals surface area contributed by atoms with Gasteiger partial charge in [0, 0.05) is 50.0 Å². The van der Waals surface area contributed by atoms with E-state index < -0.39 is 10.0 Å². The second-order valence-electron chi connectivity index (χ2n) is 11.1. The lowest BCUT2D eigenvalue weighted by Gasteiger charge is -2.34. The molecule has 42 heavy (non-hydrogen) atoms. The lowest BCUT2D eigenvalue weighted by molar-refractivity contribution is -0.134. The van der Waals surface area contributed by atoms with Crippen molar-refractivity contribution in [2.24, 2.45) is 13.0 Å². The van der Waals surface area contributed by atoms with E-state index in [0.717, 1.165) is 17.1 Å². The van der Waals surface area contributed by atoms with E-state index >= 15 is 0 Å². The standard InChI is InChI=1S/C29H37N5O7S/c1-19-12-34(20(2)16-35)29(36)11-22-10-23(31-42(37,38)28-15-33(4)17-30-28)6-8-24(22)41-27(19)14-32(3)13-21-5-7-25-26(9-21)40-18-39-25/h5-10,15,17,19-20,27,31,35H,11-14,16,18H2,1-4H3/t19-,20+,27-/m0/s1. The minimum absolute atomic E-state index is 0.00863. The Morgan fingerprint density at radius 1 is 1.17 bits per heavy atom. The molecule has 226 valence electrons. The number of rotatable bonds is 9. The number of nitrogens with zero attached hydrogens (tertiary/aromatic N) is 4. The topological polar surface area (TPSA) is 135 Å². The summed E-state index contributed by atoms with van der Waals surface area (Å²) in [5.74, 6) is 1.72. The number of amides is 1. The van der Waals surface area contributed by atoms with Crippen molar-refractivity contribution < 1.29 is 32.5 Å². The van der Waals surface area contributed by atoms with Crippen LogP contribution in [0.4, 0.5) is 5.69 Å². The van der Waals surface area contributed by atoms with Crippen molar-refractivity contribution in [1.82, 2.24) is 19.4 Å². The number of imidazole rings is 1. The molecule has 2 N–H and O–H groups in total. The quantitative estimate of drug-likeness (QED) is 0.380. The molecule has 3 aromatic rings. The number of aromatic nitrogens is 2. The zero-order valence-corrected chi connectivity index (χ0v) is 25.0. The number of aryl methyl sites for hydroxylation is 1. The predicted molar refractivity (Wildman–Crippen MR) is 155 cm³/mol. The van der Waals surface area contributed by atoms with Crippen molar-refractivity contribution in [2.75, 3.05) is 38.3 Å². The van der Waals surface area contributed by atoms with Crippen molar-refractivity contribution in [3.63, 3.8) is 0 Å². The highest BCUT2D eigenvalue weighted by atomic mass is 32.2. The summed E-state index contributed by atoms with van der Waals surface area (Å²) >= 11 is 0. The Kier molecular flexibility index (Phi) is 8.62. The Bertz CT molecular complexity index is 1540. The first kappa shape index (κ1) is 29.7. The molecule has 5 rings (SSSR count). The molecule has 3 heterocycles. The number of aliphatic hydroxyl groups excluding tert-OH is 1. The summed E-state index contributed by atoms with van der Waals surface area (Å²) < 4.78 is 47.4. The summed E-state index contributed by atoms with van der Waals surface area (Å²) in [6, 6.07) is 10.4. The van der Waals surface area contributed by atoms with Gasteiger partial charge in [0.1, 0.15) is 11.9 Å². The van der Waals surface area contributed by atoms with Crippen LogP contribution in [0.5, 0.6) is 17.2 Å². The Morgan fingerprint density at radius 3 is 2.67 bits per heavy atom. The number of hydrogen-bond acceptors (Lipinski definition) is 9. The van der Waals surface area contributed by atoms with Gasteiger partial charge in [0.2, 0.25) is 12.7 Å². The SMILES string of the molecule is C[C@H](CO)N1C[C@H](C)[C@H](CN(C)Cc2ccc3c(c2)OCO3)Oc2ccc(NS(=O)(=O)c3cn(C)cn3)cc2CC1=O. The number of sulfonamides is 1. The molecule has 1 amide bonds. The zero-order valence-electron chi connectivity index (χ0n) is 24.2. The summed E-state index contributed by atoms with van der Waals surface area (Å²) in [6.45, 7) is 5.47. The zero-order chi connectivity index (χ0) is 30.0. The Balaban J connectivity index is 1.40. The summed E-state index contributed by atoms with van der Waals surface area (Å²) in [6.07, 6.45) is 2.50. The van der Waals surface area contributed by atoms with Crippen LogP contribution < -0.4 is 18.9 Å². The minimum atomic E-state index is -3.93. The molecule has 13 heteroatoms. The molecule has 3 atom stereocenters. The van der Waals surface area contributed by atoms with E-state index in [9.17, 15) is 18.3 Å². The lowest BCUT2D eigenvalue weighted by Crippen LogP contribution is -2.47. The molecule has 2 aliphatic heterocycles. The van der Waals surface area contributed by atoms with Gasteiger partial charge in [0.05, 0.1) is 25.4 Å². The van der Waals surface area contributed by atoms with Crippen LogP contribution in [0.2, 0.25) is 0 Å². The van der Waals surface area contributed by atoms with Crippen LogP contribution in [0.25, 0.3) is 0 Å². The molecule has 0 fully saturated rings. The lowest BCUT2D eigenvalue weighted by atomic mass is 10.0. The number of ether oxygens (including phenoxy) is 3. The van der Waals surface area contributed by atoms with Gasteiger partial charge in [0.25, 0.3) is 10.0 Å². The maximum Gasteiger partial charge on any atom is 0.280 e. The molecule has 0 aliphatic carbocycles. The highest BCUT2D eigenvalue weighted by Crippen LogP contribution is 2.33.